The molecule has 0 aliphatic heterocycles. The predicted octanol–water partition coefficient (Wildman–Crippen LogP) is 1.31. The second kappa shape index (κ2) is 5.56. The lowest BCUT2D eigenvalue weighted by Crippen LogP contribution is -2.25. The highest BCUT2D eigenvalue weighted by Crippen LogP contribution is 2.17. The zero-order chi connectivity index (χ0) is 7.94. The Labute approximate surface area is 69.0 Å². The molecular weight excluding hydrogens is 138 g/mol. The Balaban J connectivity index is 1.96. The first-order valence-electron chi connectivity index (χ1n) is 4.71. The van der Waals surface area contributed by atoms with Gasteiger partial charge in [-0.2, -0.15) is 0 Å². The summed E-state index contributed by atoms with van der Waals surface area (Å²) in [5, 5.41) is 13.0. The normalized spacial score (nSPS) is 20.5. The number of aliphatic hydroxyl groups excluding tert-OH is 1. The van der Waals surface area contributed by atoms with Crippen molar-refractivity contribution in [2.75, 3.05) is 13.2 Å². The molecule has 0 amide bonds. The van der Waals surface area contributed by atoms with Crippen LogP contribution in [0.4, 0.5) is 0 Å². The minimum atomic E-state index is 0.288. The summed E-state index contributed by atoms with van der Waals surface area (Å²) < 4.78 is 0. The van der Waals surface area contributed by atoms with Crippen molar-refractivity contribution in [3.05, 3.63) is 0 Å². The highest BCUT2D eigenvalue weighted by atomic mass is 16.3. The molecule has 1 saturated carbocycles. The molecule has 2 heteroatoms. The average molecular weight is 156 g/mol. The van der Waals surface area contributed by atoms with E-state index in [1.807, 2.05) is 0 Å². The van der Waals surface area contributed by atoms with Crippen molar-refractivity contribution in [1.82, 2.24) is 5.32 Å². The van der Waals surface area contributed by atoms with Crippen molar-refractivity contribution >= 4 is 0 Å². The van der Waals surface area contributed by atoms with Crippen LogP contribution in [0.2, 0.25) is 0 Å². The van der Waals surface area contributed by atoms with Crippen molar-refractivity contribution < 1.29 is 5.11 Å². The van der Waals surface area contributed by atoms with E-state index in [-0.39, 0.29) is 6.61 Å². The van der Waals surface area contributed by atoms with Crippen molar-refractivity contribution in [2.45, 2.75) is 44.6 Å². The van der Waals surface area contributed by atoms with Gasteiger partial charge in [0.05, 0.1) is 0 Å². The van der Waals surface area contributed by atoms with Gasteiger partial charge in [-0.15, -0.1) is 0 Å². The van der Waals surface area contributed by atoms with Crippen LogP contribution in [0.15, 0.2) is 0 Å². The van der Waals surface area contributed by atoms with Crippen LogP contribution in [-0.4, -0.2) is 24.3 Å². The maximum atomic E-state index is 8.54. The number of rotatable bonds is 4. The lowest BCUT2D eigenvalue weighted by atomic mass is 9.95. The van der Waals surface area contributed by atoms with E-state index in [1.165, 1.54) is 32.1 Å². The number of aliphatic hydroxyl groups is 1. The highest BCUT2D eigenvalue weighted by Gasteiger charge is 2.12. The lowest BCUT2D eigenvalue weighted by Gasteiger charge is -2.20. The highest BCUT2D eigenvalue weighted by molar-refractivity contribution is 4.70. The number of hydrogen-bond donors (Lipinski definition) is 1. The molecule has 1 fully saturated rings. The van der Waals surface area contributed by atoms with Crippen LogP contribution in [0, 0.1) is 0 Å². The van der Waals surface area contributed by atoms with E-state index in [4.69, 9.17) is 5.11 Å². The smallest absolute Gasteiger partial charge is 0.0443 e. The molecule has 2 nitrogen and oxygen atoms in total. The van der Waals surface area contributed by atoms with Gasteiger partial charge in [0, 0.05) is 19.2 Å². The van der Waals surface area contributed by atoms with Gasteiger partial charge in [-0.1, -0.05) is 19.3 Å². The number of hydrogen-bond acceptors (Lipinski definition) is 1. The fraction of sp³-hybridized carbons (Fsp3) is 1.00. The van der Waals surface area contributed by atoms with E-state index >= 15 is 0 Å². The quantitative estimate of drug-likeness (QED) is 0.612. The third-order valence-corrected chi connectivity index (χ3v) is 2.28. The summed E-state index contributed by atoms with van der Waals surface area (Å²) in [6.45, 7) is 1.15. The van der Waals surface area contributed by atoms with Gasteiger partial charge in [0.1, 0.15) is 0 Å². The van der Waals surface area contributed by atoms with Gasteiger partial charge in [-0.3, -0.25) is 0 Å². The molecule has 1 radical (unpaired) electrons. The van der Waals surface area contributed by atoms with E-state index in [9.17, 15) is 0 Å². The first kappa shape index (κ1) is 9.01. The second-order valence-corrected chi connectivity index (χ2v) is 3.28. The molecule has 0 aromatic rings. The molecule has 1 rings (SSSR count). The van der Waals surface area contributed by atoms with Crippen LogP contribution in [-0.2, 0) is 0 Å². The Morgan fingerprint density at radius 3 is 2.55 bits per heavy atom. The first-order chi connectivity index (χ1) is 5.43. The molecule has 1 aliphatic rings. The molecule has 65 valence electrons. The van der Waals surface area contributed by atoms with Crippen molar-refractivity contribution in [3.63, 3.8) is 0 Å². The van der Waals surface area contributed by atoms with Crippen LogP contribution in [0.3, 0.4) is 0 Å². The van der Waals surface area contributed by atoms with Crippen LogP contribution in [0.1, 0.15) is 38.5 Å². The summed E-state index contributed by atoms with van der Waals surface area (Å²) in [7, 11) is 0. The monoisotopic (exact) mass is 156 g/mol. The minimum Gasteiger partial charge on any atom is -0.396 e. The molecule has 1 N–H and O–H groups in total. The van der Waals surface area contributed by atoms with Gasteiger partial charge in [0.25, 0.3) is 0 Å². The zero-order valence-electron chi connectivity index (χ0n) is 7.13. The standard InChI is InChI=1S/C9H18NO/c11-8-4-7-10-9-5-2-1-3-6-9/h9,11H,1-8H2. The van der Waals surface area contributed by atoms with Gasteiger partial charge in [0.2, 0.25) is 0 Å². The topological polar surface area (TPSA) is 34.3 Å². The predicted molar refractivity (Wildman–Crippen MR) is 45.6 cm³/mol. The molecule has 0 bridgehead atoms. The van der Waals surface area contributed by atoms with Gasteiger partial charge in [-0.05, 0) is 19.3 Å². The first-order valence-corrected chi connectivity index (χ1v) is 4.71. The number of nitrogens with zero attached hydrogens (tertiary/aromatic N) is 1. The molecule has 0 aromatic carbocycles. The molecule has 0 aromatic heterocycles. The summed E-state index contributed by atoms with van der Waals surface area (Å²) in [4.78, 5) is 0. The summed E-state index contributed by atoms with van der Waals surface area (Å²) in [5.41, 5.74) is 0. The van der Waals surface area contributed by atoms with Gasteiger partial charge < -0.3 is 5.11 Å². The molecule has 1 aliphatic carbocycles. The Hall–Kier alpha value is -0.0800. The van der Waals surface area contributed by atoms with Gasteiger partial charge in [-0.25, -0.2) is 5.32 Å². The molecule has 0 saturated heterocycles. The van der Waals surface area contributed by atoms with Crippen LogP contribution in [0.25, 0.3) is 0 Å². The molecule has 0 spiro atoms. The average Bonchev–Trinajstić information content (AvgIpc) is 2.07. The van der Waals surface area contributed by atoms with E-state index in [2.05, 4.69) is 5.32 Å². The van der Waals surface area contributed by atoms with Crippen molar-refractivity contribution in [2.24, 2.45) is 0 Å². The lowest BCUT2D eigenvalue weighted by molar-refractivity contribution is 0.276. The van der Waals surface area contributed by atoms with Crippen LogP contribution >= 0.6 is 0 Å². The minimum absolute atomic E-state index is 0.288. The second-order valence-electron chi connectivity index (χ2n) is 3.28. The van der Waals surface area contributed by atoms with E-state index in [0.29, 0.717) is 6.04 Å². The largest absolute Gasteiger partial charge is 0.396 e. The van der Waals surface area contributed by atoms with Crippen LogP contribution in [0.5, 0.6) is 0 Å². The van der Waals surface area contributed by atoms with Crippen molar-refractivity contribution in [1.29, 1.82) is 0 Å². The molecule has 0 atom stereocenters. The van der Waals surface area contributed by atoms with E-state index in [1.54, 1.807) is 0 Å². The molecule has 0 unspecified atom stereocenters. The summed E-state index contributed by atoms with van der Waals surface area (Å²) >= 11 is 0. The molecule has 11 heavy (non-hydrogen) atoms. The fourth-order valence-corrected chi connectivity index (χ4v) is 1.61. The summed E-state index contributed by atoms with van der Waals surface area (Å²) in [6.07, 6.45) is 7.51. The maximum Gasteiger partial charge on any atom is 0.0443 e. The van der Waals surface area contributed by atoms with Gasteiger partial charge >= 0.3 is 0 Å². The van der Waals surface area contributed by atoms with Gasteiger partial charge in [0.15, 0.2) is 0 Å². The third-order valence-electron chi connectivity index (χ3n) is 2.28. The Morgan fingerprint density at radius 2 is 1.91 bits per heavy atom. The summed E-state index contributed by atoms with van der Waals surface area (Å²) in [6, 6.07) is 0.621. The van der Waals surface area contributed by atoms with E-state index < -0.39 is 0 Å². The Kier molecular flexibility index (Phi) is 4.55. The van der Waals surface area contributed by atoms with Crippen molar-refractivity contribution in [3.8, 4) is 0 Å². The van der Waals surface area contributed by atoms with Crippen LogP contribution < -0.4 is 5.32 Å². The molecule has 0 heterocycles. The zero-order valence-corrected chi connectivity index (χ0v) is 7.13. The third kappa shape index (κ3) is 3.73. The van der Waals surface area contributed by atoms with E-state index in [0.717, 1.165) is 13.0 Å². The maximum absolute atomic E-state index is 8.54. The molecular formula is C9H18NO. The fourth-order valence-electron chi connectivity index (χ4n) is 1.61. The Bertz CT molecular complexity index is 89.6. The SMILES string of the molecule is OCCC[N]C1CCCCC1. The summed E-state index contributed by atoms with van der Waals surface area (Å²) in [5.74, 6) is 0. The Morgan fingerprint density at radius 1 is 1.18 bits per heavy atom.